The number of nitrogens with one attached hydrogen (secondary N) is 2. The molecule has 3 aromatic heterocycles. The highest BCUT2D eigenvalue weighted by molar-refractivity contribution is 5.94. The minimum atomic E-state index is -0.343. The van der Waals surface area contributed by atoms with Crippen molar-refractivity contribution in [2.24, 2.45) is 0 Å². The summed E-state index contributed by atoms with van der Waals surface area (Å²) in [6, 6.07) is 13.1. The molecule has 0 spiro atoms. The van der Waals surface area contributed by atoms with E-state index in [0.717, 1.165) is 16.9 Å². The van der Waals surface area contributed by atoms with E-state index < -0.39 is 0 Å². The summed E-state index contributed by atoms with van der Waals surface area (Å²) in [5.41, 5.74) is 3.20. The highest BCUT2D eigenvalue weighted by atomic mass is 16.1. The van der Waals surface area contributed by atoms with Crippen LogP contribution < -0.4 is 5.32 Å². The summed E-state index contributed by atoms with van der Waals surface area (Å²) in [6.07, 6.45) is 3.66. The summed E-state index contributed by atoms with van der Waals surface area (Å²) in [5.74, 6) is 0.220. The van der Waals surface area contributed by atoms with Crippen LogP contribution in [0, 0.1) is 0 Å². The summed E-state index contributed by atoms with van der Waals surface area (Å²) in [5, 5.41) is 16.5. The molecule has 0 bridgehead atoms. The van der Waals surface area contributed by atoms with Crippen molar-refractivity contribution in [3.05, 3.63) is 66.2 Å². The first-order chi connectivity index (χ1) is 12.2. The SMILES string of the molecule is C[C@H](NC(=O)c1ccc2nc(-c3ccccc3)cn2c1)c1nn[nH]n1. The number of pyridine rings is 1. The van der Waals surface area contributed by atoms with Crippen molar-refractivity contribution in [3.63, 3.8) is 0 Å². The first-order valence-electron chi connectivity index (χ1n) is 7.79. The van der Waals surface area contributed by atoms with E-state index in [0.29, 0.717) is 11.4 Å². The first-order valence-corrected chi connectivity index (χ1v) is 7.79. The minimum absolute atomic E-state index is 0.214. The van der Waals surface area contributed by atoms with Crippen molar-refractivity contribution in [2.75, 3.05) is 0 Å². The van der Waals surface area contributed by atoms with Crippen LogP contribution in [0.25, 0.3) is 16.9 Å². The lowest BCUT2D eigenvalue weighted by atomic mass is 10.2. The van der Waals surface area contributed by atoms with Gasteiger partial charge in [-0.25, -0.2) is 4.98 Å². The van der Waals surface area contributed by atoms with Crippen LogP contribution in [0.5, 0.6) is 0 Å². The van der Waals surface area contributed by atoms with E-state index in [1.54, 1.807) is 19.2 Å². The molecule has 25 heavy (non-hydrogen) atoms. The average Bonchev–Trinajstić information content (AvgIpc) is 3.31. The second-order valence-corrected chi connectivity index (χ2v) is 5.64. The molecule has 124 valence electrons. The Labute approximate surface area is 142 Å². The van der Waals surface area contributed by atoms with Crippen LogP contribution in [-0.2, 0) is 0 Å². The number of carbonyl (C=O) groups excluding carboxylic acids is 1. The van der Waals surface area contributed by atoms with E-state index in [-0.39, 0.29) is 11.9 Å². The Hall–Kier alpha value is -3.55. The lowest BCUT2D eigenvalue weighted by molar-refractivity contribution is 0.0938. The highest BCUT2D eigenvalue weighted by Crippen LogP contribution is 2.19. The monoisotopic (exact) mass is 333 g/mol. The normalized spacial score (nSPS) is 12.2. The van der Waals surface area contributed by atoms with Crippen molar-refractivity contribution in [1.82, 2.24) is 35.3 Å². The molecule has 8 nitrogen and oxygen atoms in total. The van der Waals surface area contributed by atoms with E-state index in [1.807, 2.05) is 47.0 Å². The molecule has 3 heterocycles. The Morgan fingerprint density at radius 1 is 1.16 bits per heavy atom. The van der Waals surface area contributed by atoms with Gasteiger partial charge in [0.05, 0.1) is 17.3 Å². The van der Waals surface area contributed by atoms with E-state index in [4.69, 9.17) is 0 Å². The molecule has 0 radical (unpaired) electrons. The number of H-pyrrole nitrogens is 1. The summed E-state index contributed by atoms with van der Waals surface area (Å²) in [4.78, 5) is 17.0. The fourth-order valence-electron chi connectivity index (χ4n) is 2.57. The molecule has 0 saturated carbocycles. The standard InChI is InChI=1S/C17H15N7O/c1-11(16-20-22-23-21-16)18-17(25)13-7-8-15-19-14(10-24(15)9-13)12-5-3-2-4-6-12/h2-11H,1H3,(H,18,25)(H,20,21,22,23)/t11-/m0/s1. The number of hydrogen-bond donors (Lipinski definition) is 2. The van der Waals surface area contributed by atoms with Gasteiger partial charge in [-0.1, -0.05) is 35.5 Å². The van der Waals surface area contributed by atoms with Gasteiger partial charge in [-0.15, -0.1) is 10.2 Å². The zero-order chi connectivity index (χ0) is 17.2. The quantitative estimate of drug-likeness (QED) is 0.595. The maximum Gasteiger partial charge on any atom is 0.253 e. The smallest absolute Gasteiger partial charge is 0.253 e. The van der Waals surface area contributed by atoms with Crippen molar-refractivity contribution in [2.45, 2.75) is 13.0 Å². The van der Waals surface area contributed by atoms with Gasteiger partial charge in [-0.3, -0.25) is 4.79 Å². The second-order valence-electron chi connectivity index (χ2n) is 5.64. The van der Waals surface area contributed by atoms with Gasteiger partial charge >= 0.3 is 0 Å². The van der Waals surface area contributed by atoms with Gasteiger partial charge in [0.15, 0.2) is 5.82 Å². The van der Waals surface area contributed by atoms with Gasteiger partial charge in [0, 0.05) is 18.0 Å². The molecule has 1 atom stereocenters. The molecule has 0 saturated heterocycles. The van der Waals surface area contributed by atoms with Gasteiger partial charge in [-0.05, 0) is 19.1 Å². The lowest BCUT2D eigenvalue weighted by Gasteiger charge is -2.10. The maximum absolute atomic E-state index is 12.4. The predicted octanol–water partition coefficient (Wildman–Crippen LogP) is 2.01. The number of aromatic amines is 1. The molecule has 8 heteroatoms. The van der Waals surface area contributed by atoms with Gasteiger partial charge in [-0.2, -0.15) is 5.21 Å². The van der Waals surface area contributed by atoms with Gasteiger partial charge in [0.25, 0.3) is 5.91 Å². The molecule has 2 N–H and O–H groups in total. The van der Waals surface area contributed by atoms with Crippen LogP contribution in [0.1, 0.15) is 29.1 Å². The summed E-state index contributed by atoms with van der Waals surface area (Å²) < 4.78 is 1.84. The van der Waals surface area contributed by atoms with Gasteiger partial charge in [0.2, 0.25) is 0 Å². The second kappa shape index (κ2) is 6.16. The van der Waals surface area contributed by atoms with Crippen molar-refractivity contribution in [3.8, 4) is 11.3 Å². The Kier molecular flexibility index (Phi) is 3.70. The van der Waals surface area contributed by atoms with Crippen LogP contribution >= 0.6 is 0 Å². The van der Waals surface area contributed by atoms with E-state index >= 15 is 0 Å². The molecule has 1 amide bonds. The Morgan fingerprint density at radius 3 is 2.76 bits per heavy atom. The minimum Gasteiger partial charge on any atom is -0.342 e. The Balaban J connectivity index is 1.59. The number of fused-ring (bicyclic) bond motifs is 1. The zero-order valence-corrected chi connectivity index (χ0v) is 13.4. The molecule has 0 aliphatic heterocycles. The van der Waals surface area contributed by atoms with Crippen molar-refractivity contribution < 1.29 is 4.79 Å². The molecular formula is C17H15N7O. The summed E-state index contributed by atoms with van der Waals surface area (Å²) >= 11 is 0. The number of aromatic nitrogens is 6. The van der Waals surface area contributed by atoms with E-state index in [9.17, 15) is 4.79 Å². The van der Waals surface area contributed by atoms with Gasteiger partial charge < -0.3 is 9.72 Å². The molecule has 0 aliphatic carbocycles. The third-order valence-electron chi connectivity index (χ3n) is 3.88. The lowest BCUT2D eigenvalue weighted by Crippen LogP contribution is -2.27. The number of amides is 1. The number of rotatable bonds is 4. The zero-order valence-electron chi connectivity index (χ0n) is 13.4. The van der Waals surface area contributed by atoms with Crippen LogP contribution in [-0.4, -0.2) is 35.9 Å². The number of imidazole rings is 1. The van der Waals surface area contributed by atoms with Crippen LogP contribution in [0.2, 0.25) is 0 Å². The number of benzene rings is 1. The molecule has 0 fully saturated rings. The molecule has 1 aromatic carbocycles. The maximum atomic E-state index is 12.4. The van der Waals surface area contributed by atoms with Crippen LogP contribution in [0.15, 0.2) is 54.9 Å². The molecule has 4 aromatic rings. The number of hydrogen-bond acceptors (Lipinski definition) is 5. The molecule has 4 rings (SSSR count). The predicted molar refractivity (Wildman–Crippen MR) is 90.7 cm³/mol. The van der Waals surface area contributed by atoms with Crippen LogP contribution in [0.3, 0.4) is 0 Å². The summed E-state index contributed by atoms with van der Waals surface area (Å²) in [7, 11) is 0. The number of nitrogens with zero attached hydrogens (tertiary/aromatic N) is 5. The molecule has 0 unspecified atom stereocenters. The fraction of sp³-hybridized carbons (Fsp3) is 0.118. The fourth-order valence-corrected chi connectivity index (χ4v) is 2.57. The Bertz CT molecular complexity index is 1010. The van der Waals surface area contributed by atoms with Crippen LogP contribution in [0.4, 0.5) is 0 Å². The largest absolute Gasteiger partial charge is 0.342 e. The van der Waals surface area contributed by atoms with Gasteiger partial charge in [0.1, 0.15) is 5.65 Å². The topological polar surface area (TPSA) is 101 Å². The number of carbonyl (C=O) groups is 1. The highest BCUT2D eigenvalue weighted by Gasteiger charge is 2.15. The molecular weight excluding hydrogens is 318 g/mol. The average molecular weight is 333 g/mol. The third kappa shape index (κ3) is 2.97. The third-order valence-corrected chi connectivity index (χ3v) is 3.88. The molecule has 0 aliphatic rings. The van der Waals surface area contributed by atoms with Crippen molar-refractivity contribution in [1.29, 1.82) is 0 Å². The number of tetrazole rings is 1. The first kappa shape index (κ1) is 15.0. The van der Waals surface area contributed by atoms with Crippen molar-refractivity contribution >= 4 is 11.6 Å². The summed E-state index contributed by atoms with van der Waals surface area (Å²) in [6.45, 7) is 1.80. The van der Waals surface area contributed by atoms with E-state index in [1.165, 1.54) is 0 Å². The van der Waals surface area contributed by atoms with E-state index in [2.05, 4.69) is 30.9 Å². The Morgan fingerprint density at radius 2 is 2.00 bits per heavy atom.